The minimum atomic E-state index is -0.200. The number of rotatable bonds is 5. The van der Waals surface area contributed by atoms with E-state index in [0.29, 0.717) is 6.54 Å². The van der Waals surface area contributed by atoms with Gasteiger partial charge in [-0.25, -0.2) is 0 Å². The van der Waals surface area contributed by atoms with Crippen molar-refractivity contribution in [3.8, 4) is 0 Å². The van der Waals surface area contributed by atoms with Crippen molar-refractivity contribution in [1.29, 1.82) is 0 Å². The molecule has 1 N–H and O–H groups in total. The Morgan fingerprint density at radius 3 is 2.53 bits per heavy atom. The summed E-state index contributed by atoms with van der Waals surface area (Å²) in [6.07, 6.45) is 0.998. The van der Waals surface area contributed by atoms with E-state index in [1.165, 1.54) is 11.8 Å². The van der Waals surface area contributed by atoms with E-state index in [2.05, 4.69) is 18.3 Å². The van der Waals surface area contributed by atoms with Crippen LogP contribution in [0.15, 0.2) is 12.1 Å². The first-order valence-corrected chi connectivity index (χ1v) is 5.77. The molecule has 15 heavy (non-hydrogen) atoms. The van der Waals surface area contributed by atoms with Crippen molar-refractivity contribution in [3.63, 3.8) is 0 Å². The zero-order valence-corrected chi connectivity index (χ0v) is 9.82. The molecule has 82 valence electrons. The first-order chi connectivity index (χ1) is 7.11. The van der Waals surface area contributed by atoms with Gasteiger partial charge in [0.1, 0.15) is 5.78 Å². The molecule has 1 rings (SSSR count). The fraction of sp³-hybridized carbons (Fsp3) is 0.455. The van der Waals surface area contributed by atoms with E-state index < -0.39 is 0 Å². The number of thiophene rings is 1. The van der Waals surface area contributed by atoms with Crippen LogP contribution in [0.3, 0.4) is 0 Å². The molecule has 0 aliphatic rings. The van der Waals surface area contributed by atoms with Crippen LogP contribution in [0.25, 0.3) is 0 Å². The number of Topliss-reactive ketones (excluding diaryl/α,β-unsaturated/α-hetero) is 1. The van der Waals surface area contributed by atoms with Crippen LogP contribution < -0.4 is 5.32 Å². The van der Waals surface area contributed by atoms with Crippen LogP contribution in [0.5, 0.6) is 0 Å². The molecule has 0 atom stereocenters. The highest BCUT2D eigenvalue weighted by Crippen LogP contribution is 2.16. The second kappa shape index (κ2) is 5.66. The van der Waals surface area contributed by atoms with Crippen molar-refractivity contribution in [1.82, 2.24) is 5.32 Å². The van der Waals surface area contributed by atoms with Crippen molar-refractivity contribution < 1.29 is 9.59 Å². The van der Waals surface area contributed by atoms with Gasteiger partial charge in [0.05, 0.1) is 13.0 Å². The summed E-state index contributed by atoms with van der Waals surface area (Å²) in [7, 11) is 0. The predicted molar refractivity (Wildman–Crippen MR) is 60.8 cm³/mol. The van der Waals surface area contributed by atoms with Gasteiger partial charge in [-0.3, -0.25) is 9.59 Å². The number of nitrogens with one attached hydrogen (secondary N) is 1. The third-order valence-corrected chi connectivity index (χ3v) is 3.16. The molecular weight excluding hydrogens is 210 g/mol. The molecule has 1 amide bonds. The third kappa shape index (κ3) is 4.25. The van der Waals surface area contributed by atoms with Crippen molar-refractivity contribution >= 4 is 23.0 Å². The second-order valence-corrected chi connectivity index (χ2v) is 4.63. The highest BCUT2D eigenvalue weighted by atomic mass is 32.1. The zero-order chi connectivity index (χ0) is 11.3. The number of carbonyl (C=O) groups is 2. The Bertz CT molecular complexity index is 357. The van der Waals surface area contributed by atoms with Gasteiger partial charge in [0.25, 0.3) is 0 Å². The topological polar surface area (TPSA) is 46.2 Å². The van der Waals surface area contributed by atoms with Crippen LogP contribution in [-0.2, 0) is 22.6 Å². The molecule has 1 heterocycles. The molecule has 0 unspecified atom stereocenters. The lowest BCUT2D eigenvalue weighted by atomic mass is 10.3. The lowest BCUT2D eigenvalue weighted by molar-refractivity contribution is -0.127. The highest BCUT2D eigenvalue weighted by Gasteiger charge is 2.05. The molecule has 0 aliphatic carbocycles. The summed E-state index contributed by atoms with van der Waals surface area (Å²) in [5.74, 6) is -0.304. The van der Waals surface area contributed by atoms with Crippen molar-refractivity contribution in [2.24, 2.45) is 0 Å². The van der Waals surface area contributed by atoms with Crippen LogP contribution in [-0.4, -0.2) is 11.7 Å². The summed E-state index contributed by atoms with van der Waals surface area (Å²) in [6, 6.07) is 4.08. The fourth-order valence-electron chi connectivity index (χ4n) is 1.18. The van der Waals surface area contributed by atoms with Gasteiger partial charge in [-0.1, -0.05) is 6.92 Å². The Morgan fingerprint density at radius 2 is 2.00 bits per heavy atom. The first kappa shape index (κ1) is 11.9. The maximum atomic E-state index is 11.2. The Balaban J connectivity index is 2.36. The number of hydrogen-bond donors (Lipinski definition) is 1. The molecule has 0 bridgehead atoms. The van der Waals surface area contributed by atoms with E-state index >= 15 is 0 Å². The van der Waals surface area contributed by atoms with Crippen LogP contribution >= 0.6 is 11.3 Å². The average Bonchev–Trinajstić information content (AvgIpc) is 2.61. The Morgan fingerprint density at radius 1 is 1.33 bits per heavy atom. The van der Waals surface area contributed by atoms with Gasteiger partial charge in [0.15, 0.2) is 0 Å². The maximum absolute atomic E-state index is 11.2. The van der Waals surface area contributed by atoms with Crippen LogP contribution in [0.2, 0.25) is 0 Å². The van der Waals surface area contributed by atoms with E-state index in [1.807, 2.05) is 6.07 Å². The molecule has 3 nitrogen and oxygen atoms in total. The lowest BCUT2D eigenvalue weighted by Gasteiger charge is -2.00. The second-order valence-electron chi connectivity index (χ2n) is 3.38. The quantitative estimate of drug-likeness (QED) is 0.778. The average molecular weight is 225 g/mol. The summed E-state index contributed by atoms with van der Waals surface area (Å²) < 4.78 is 0. The third-order valence-electron chi connectivity index (χ3n) is 1.94. The summed E-state index contributed by atoms with van der Waals surface area (Å²) in [5.41, 5.74) is 0. The molecule has 1 aromatic rings. The highest BCUT2D eigenvalue weighted by molar-refractivity contribution is 7.11. The minimum absolute atomic E-state index is 0.0218. The molecule has 0 aromatic carbocycles. The summed E-state index contributed by atoms with van der Waals surface area (Å²) in [6.45, 7) is 4.04. The normalized spacial score (nSPS) is 10.0. The lowest BCUT2D eigenvalue weighted by Crippen LogP contribution is -2.23. The minimum Gasteiger partial charge on any atom is -0.351 e. The molecule has 0 spiro atoms. The van der Waals surface area contributed by atoms with E-state index in [1.54, 1.807) is 11.3 Å². The first-order valence-electron chi connectivity index (χ1n) is 4.95. The van der Waals surface area contributed by atoms with Gasteiger partial charge >= 0.3 is 0 Å². The number of hydrogen-bond acceptors (Lipinski definition) is 3. The van der Waals surface area contributed by atoms with Gasteiger partial charge in [0, 0.05) is 9.75 Å². The van der Waals surface area contributed by atoms with Crippen molar-refractivity contribution in [2.75, 3.05) is 0 Å². The molecule has 1 aromatic heterocycles. The number of aryl methyl sites for hydroxylation is 1. The monoisotopic (exact) mass is 225 g/mol. The standard InChI is InChI=1S/C11H15NO2S/c1-3-9-4-5-10(15-9)7-12-11(14)6-8(2)13/h4-5H,3,6-7H2,1-2H3,(H,12,14). The van der Waals surface area contributed by atoms with Crippen LogP contribution in [0, 0.1) is 0 Å². The largest absolute Gasteiger partial charge is 0.351 e. The SMILES string of the molecule is CCc1ccc(CNC(=O)CC(C)=O)s1. The van der Waals surface area contributed by atoms with Gasteiger partial charge < -0.3 is 5.32 Å². The summed E-state index contributed by atoms with van der Waals surface area (Å²) >= 11 is 1.69. The van der Waals surface area contributed by atoms with E-state index in [4.69, 9.17) is 0 Å². The smallest absolute Gasteiger partial charge is 0.227 e. The molecule has 0 saturated carbocycles. The van der Waals surface area contributed by atoms with Crippen molar-refractivity contribution in [2.45, 2.75) is 33.2 Å². The predicted octanol–water partition coefficient (Wildman–Crippen LogP) is 1.91. The van der Waals surface area contributed by atoms with Gasteiger partial charge in [-0.05, 0) is 25.5 Å². The van der Waals surface area contributed by atoms with Gasteiger partial charge in [0.2, 0.25) is 5.91 Å². The molecule has 4 heteroatoms. The molecule has 0 radical (unpaired) electrons. The maximum Gasteiger partial charge on any atom is 0.227 e. The van der Waals surface area contributed by atoms with Crippen LogP contribution in [0.1, 0.15) is 30.0 Å². The Hall–Kier alpha value is -1.16. The van der Waals surface area contributed by atoms with Gasteiger partial charge in [-0.2, -0.15) is 0 Å². The van der Waals surface area contributed by atoms with Gasteiger partial charge in [-0.15, -0.1) is 11.3 Å². The van der Waals surface area contributed by atoms with E-state index in [-0.39, 0.29) is 18.1 Å². The van der Waals surface area contributed by atoms with E-state index in [9.17, 15) is 9.59 Å². The zero-order valence-electron chi connectivity index (χ0n) is 9.00. The summed E-state index contributed by atoms with van der Waals surface area (Å²) in [5, 5.41) is 2.72. The van der Waals surface area contributed by atoms with Crippen molar-refractivity contribution in [3.05, 3.63) is 21.9 Å². The number of carbonyl (C=O) groups excluding carboxylic acids is 2. The fourth-order valence-corrected chi connectivity index (χ4v) is 2.08. The molecule has 0 saturated heterocycles. The molecule has 0 aliphatic heterocycles. The van der Waals surface area contributed by atoms with E-state index in [0.717, 1.165) is 11.3 Å². The summed E-state index contributed by atoms with van der Waals surface area (Å²) in [4.78, 5) is 24.3. The number of ketones is 1. The molecule has 0 fully saturated rings. The Kier molecular flexibility index (Phi) is 4.49. The Labute approximate surface area is 93.5 Å². The molecular formula is C11H15NO2S. The number of amides is 1. The van der Waals surface area contributed by atoms with Crippen LogP contribution in [0.4, 0.5) is 0 Å².